The lowest BCUT2D eigenvalue weighted by atomic mass is 9.81. The van der Waals surface area contributed by atoms with Crippen LogP contribution in [-0.2, 0) is 27.1 Å². The van der Waals surface area contributed by atoms with Gasteiger partial charge in [0.2, 0.25) is 0 Å². The average Bonchev–Trinajstić information content (AvgIpc) is 4.06. The van der Waals surface area contributed by atoms with E-state index in [1.807, 2.05) is 39.0 Å². The van der Waals surface area contributed by atoms with E-state index in [0.29, 0.717) is 60.6 Å². The van der Waals surface area contributed by atoms with E-state index in [9.17, 15) is 14.0 Å². The maximum absolute atomic E-state index is 14.7. The van der Waals surface area contributed by atoms with Crippen molar-refractivity contribution in [1.82, 2.24) is 25.3 Å². The van der Waals surface area contributed by atoms with Crippen molar-refractivity contribution in [3.8, 4) is 11.8 Å². The van der Waals surface area contributed by atoms with Crippen molar-refractivity contribution in [2.24, 2.45) is 0 Å². The van der Waals surface area contributed by atoms with Crippen LogP contribution < -0.4 is 20.1 Å². The number of benzene rings is 2. The Balaban J connectivity index is 1.30. The second kappa shape index (κ2) is 17.0. The van der Waals surface area contributed by atoms with Gasteiger partial charge in [-0.15, -0.1) is 11.3 Å². The van der Waals surface area contributed by atoms with Gasteiger partial charge in [0.25, 0.3) is 5.89 Å². The number of carbonyl (C=O) groups excluding carboxylic acids is 2. The molecule has 2 aromatic carbocycles. The number of amides is 1. The van der Waals surface area contributed by atoms with E-state index in [-0.39, 0.29) is 30.4 Å². The van der Waals surface area contributed by atoms with Crippen LogP contribution in [0.15, 0.2) is 82.3 Å². The van der Waals surface area contributed by atoms with Gasteiger partial charge in [-0.25, -0.2) is 19.0 Å². The molecule has 13 nitrogen and oxygen atoms in total. The van der Waals surface area contributed by atoms with E-state index >= 15 is 0 Å². The van der Waals surface area contributed by atoms with E-state index in [4.69, 9.17) is 28.5 Å². The molecule has 3 aliphatic rings. The number of hydrogen-bond acceptors (Lipinski definition) is 13. The Morgan fingerprint density at radius 3 is 2.62 bits per heavy atom. The highest BCUT2D eigenvalue weighted by Gasteiger charge is 2.45. The number of methoxy groups -OCH3 is 2. The lowest BCUT2D eigenvalue weighted by Crippen LogP contribution is -2.45. The molecule has 3 atom stereocenters. The molecule has 1 amide bonds. The number of nitrogens with one attached hydrogen (secondary N) is 2. The smallest absolute Gasteiger partial charge is 0.410 e. The van der Waals surface area contributed by atoms with Gasteiger partial charge in [-0.3, -0.25) is 4.90 Å². The molecule has 5 heterocycles. The molecule has 3 aromatic heterocycles. The number of allylic oxidation sites excluding steroid dienone is 2. The Morgan fingerprint density at radius 1 is 1.07 bits per heavy atom. The molecule has 8 rings (SSSR count). The van der Waals surface area contributed by atoms with Crippen molar-refractivity contribution in [3.63, 3.8) is 0 Å². The molecule has 0 radical (unpaired) electrons. The quantitative estimate of drug-likeness (QED) is 0.116. The predicted octanol–water partition coefficient (Wildman–Crippen LogP) is 8.88. The zero-order valence-electron chi connectivity index (χ0n) is 34.6. The van der Waals surface area contributed by atoms with Gasteiger partial charge in [0.1, 0.15) is 23.0 Å². The van der Waals surface area contributed by atoms with Gasteiger partial charge in [-0.2, -0.15) is 4.98 Å². The number of rotatable bonds is 12. The van der Waals surface area contributed by atoms with Crippen LogP contribution in [0.3, 0.4) is 0 Å². The molecule has 15 heteroatoms. The molecule has 5 aromatic rings. The van der Waals surface area contributed by atoms with E-state index in [1.165, 1.54) is 41.7 Å². The minimum Gasteiger partial charge on any atom is -0.496 e. The number of esters is 1. The SMILES string of the molecule is CCOC(=O)C1=C([C@@H]2CCCN2C(=O)OC(C)(C)C)NC(CCc2ccc(F)cc2)=C(c2nc(OC)no2)C1c1cc2ccnc(NC3CCc4c(OC)cccc43)c2s1. The fourth-order valence-corrected chi connectivity index (χ4v) is 9.72. The number of likely N-dealkylation sites (tertiary alicyclic amines) is 1. The summed E-state index contributed by atoms with van der Waals surface area (Å²) in [5.41, 5.74) is 4.64. The summed E-state index contributed by atoms with van der Waals surface area (Å²) >= 11 is 1.51. The summed E-state index contributed by atoms with van der Waals surface area (Å²) < 4.78 is 43.7. The van der Waals surface area contributed by atoms with Crippen LogP contribution in [-0.4, -0.2) is 71.1 Å². The summed E-state index contributed by atoms with van der Waals surface area (Å²) in [6.45, 7) is 7.81. The second-order valence-corrected chi connectivity index (χ2v) is 17.1. The molecule has 2 aliphatic heterocycles. The maximum atomic E-state index is 14.7. The van der Waals surface area contributed by atoms with Crippen LogP contribution in [0.1, 0.15) is 92.8 Å². The Hall–Kier alpha value is -5.96. The van der Waals surface area contributed by atoms with Crippen molar-refractivity contribution in [2.75, 3.05) is 32.7 Å². The minimum absolute atomic E-state index is 0.0137. The first-order valence-electron chi connectivity index (χ1n) is 20.3. The van der Waals surface area contributed by atoms with E-state index in [1.54, 1.807) is 37.3 Å². The van der Waals surface area contributed by atoms with Crippen molar-refractivity contribution in [3.05, 3.63) is 111 Å². The topological polar surface area (TPSA) is 150 Å². The fourth-order valence-electron chi connectivity index (χ4n) is 8.49. The van der Waals surface area contributed by atoms with E-state index in [0.717, 1.165) is 39.1 Å². The first-order chi connectivity index (χ1) is 29.0. The Bertz CT molecular complexity index is 2470. The lowest BCUT2D eigenvalue weighted by molar-refractivity contribution is -0.138. The largest absolute Gasteiger partial charge is 0.496 e. The molecule has 60 heavy (non-hydrogen) atoms. The van der Waals surface area contributed by atoms with Gasteiger partial charge in [-0.1, -0.05) is 24.3 Å². The van der Waals surface area contributed by atoms with Gasteiger partial charge >= 0.3 is 18.1 Å². The fraction of sp³-hybridized carbons (Fsp3) is 0.400. The number of halogens is 1. The van der Waals surface area contributed by atoms with Gasteiger partial charge in [0.15, 0.2) is 0 Å². The van der Waals surface area contributed by atoms with Crippen molar-refractivity contribution >= 4 is 44.9 Å². The zero-order chi connectivity index (χ0) is 42.1. The summed E-state index contributed by atoms with van der Waals surface area (Å²) in [5.74, 6) is 0.0737. The Morgan fingerprint density at radius 2 is 1.88 bits per heavy atom. The Kier molecular flexibility index (Phi) is 11.5. The lowest BCUT2D eigenvalue weighted by Gasteiger charge is -2.37. The minimum atomic E-state index is -0.795. The van der Waals surface area contributed by atoms with Crippen molar-refractivity contribution < 1.29 is 37.5 Å². The molecule has 0 spiro atoms. The third kappa shape index (κ3) is 8.14. The van der Waals surface area contributed by atoms with Crippen molar-refractivity contribution in [1.29, 1.82) is 0 Å². The number of thiophene rings is 1. The number of nitrogens with zero attached hydrogens (tertiary/aromatic N) is 4. The third-order valence-corrected chi connectivity index (χ3v) is 12.3. The average molecular weight is 837 g/mol. The normalized spacial score (nSPS) is 19.1. The first kappa shape index (κ1) is 40.8. The number of anilines is 1. The summed E-state index contributed by atoms with van der Waals surface area (Å²) in [4.78, 5) is 40.5. The van der Waals surface area contributed by atoms with Crippen LogP contribution in [0.25, 0.3) is 15.7 Å². The van der Waals surface area contributed by atoms with E-state index < -0.39 is 29.6 Å². The summed E-state index contributed by atoms with van der Waals surface area (Å²) in [7, 11) is 3.15. The van der Waals surface area contributed by atoms with Gasteiger partial charge in [0.05, 0.1) is 49.1 Å². The molecule has 2 N–H and O–H groups in total. The maximum Gasteiger partial charge on any atom is 0.410 e. The molecule has 314 valence electrons. The first-order valence-corrected chi connectivity index (χ1v) is 21.1. The monoisotopic (exact) mass is 836 g/mol. The van der Waals surface area contributed by atoms with E-state index in [2.05, 4.69) is 32.9 Å². The zero-order valence-corrected chi connectivity index (χ0v) is 35.4. The molecule has 2 unspecified atom stereocenters. The second-order valence-electron chi connectivity index (χ2n) is 16.0. The number of ether oxygens (including phenoxy) is 4. The number of aromatic nitrogens is 3. The highest BCUT2D eigenvalue weighted by atomic mass is 32.1. The van der Waals surface area contributed by atoms with Crippen LogP contribution in [0.4, 0.5) is 15.0 Å². The molecule has 0 bridgehead atoms. The Labute approximate surface area is 351 Å². The number of fused-ring (bicyclic) bond motifs is 2. The standard InChI is InChI=1S/C45H49FN6O7S/c1-7-57-42(53)37-36(34-24-26-21-22-47-40(39(26)60-34)49-30-20-18-29-28(30)10-8-12-33(29)55-5)35(41-50-43(56-6)51-59-41)31(19-15-25-13-16-27(46)17-14-25)48-38(37)32-11-9-23-52(32)44(54)58-45(2,3)4/h8,10,12-14,16-17,21-22,24,30,32,36,48H,7,9,11,15,18-20,23H2,1-6H3,(H,47,49)/t30?,32-,36?/m0/s1. The summed E-state index contributed by atoms with van der Waals surface area (Å²) in [5, 5.41) is 12.4. The molecule has 0 saturated carbocycles. The van der Waals surface area contributed by atoms with Crippen LogP contribution in [0.5, 0.6) is 11.8 Å². The number of hydrogen-bond donors (Lipinski definition) is 2. The summed E-state index contributed by atoms with van der Waals surface area (Å²) in [6.07, 6.45) is 5.23. The molecule has 1 saturated heterocycles. The van der Waals surface area contributed by atoms with Crippen LogP contribution in [0.2, 0.25) is 0 Å². The summed E-state index contributed by atoms with van der Waals surface area (Å²) in [6, 6.07) is 16.0. The molecule has 1 aliphatic carbocycles. The van der Waals surface area contributed by atoms with Gasteiger partial charge in [-0.05, 0) is 124 Å². The number of pyridine rings is 1. The van der Waals surface area contributed by atoms with Crippen LogP contribution in [0, 0.1) is 5.82 Å². The highest BCUT2D eigenvalue weighted by Crippen LogP contribution is 2.50. The number of carbonyl (C=O) groups is 2. The molecular formula is C45H49FN6O7S. The molecular weight excluding hydrogens is 788 g/mol. The number of dihydropyridines is 1. The predicted molar refractivity (Wildman–Crippen MR) is 225 cm³/mol. The molecule has 1 fully saturated rings. The van der Waals surface area contributed by atoms with Crippen molar-refractivity contribution in [2.45, 2.75) is 89.8 Å². The number of aryl methyl sites for hydroxylation is 1. The third-order valence-electron chi connectivity index (χ3n) is 11.1. The van der Waals surface area contributed by atoms with Gasteiger partial charge < -0.3 is 34.1 Å². The van der Waals surface area contributed by atoms with Crippen LogP contribution >= 0.6 is 11.3 Å². The highest BCUT2D eigenvalue weighted by molar-refractivity contribution is 7.19. The van der Waals surface area contributed by atoms with Gasteiger partial charge in [0, 0.05) is 34.6 Å².